The highest BCUT2D eigenvalue weighted by atomic mass is 15.1. The van der Waals surface area contributed by atoms with Crippen LogP contribution in [0.3, 0.4) is 0 Å². The van der Waals surface area contributed by atoms with Crippen molar-refractivity contribution in [3.63, 3.8) is 0 Å². The van der Waals surface area contributed by atoms with Gasteiger partial charge in [0.05, 0.1) is 16.4 Å². The molecule has 0 unspecified atom stereocenters. The predicted octanol–water partition coefficient (Wildman–Crippen LogP) is 17.6. The van der Waals surface area contributed by atoms with E-state index in [0.717, 1.165) is 22.7 Å². The Morgan fingerprint density at radius 3 is 1.39 bits per heavy atom. The summed E-state index contributed by atoms with van der Waals surface area (Å²) in [6.07, 6.45) is 0. The maximum absolute atomic E-state index is 2.46. The summed E-state index contributed by atoms with van der Waals surface area (Å²) < 4.78 is 2.38. The fourth-order valence-electron chi connectivity index (χ4n) is 11.1. The summed E-state index contributed by atoms with van der Waals surface area (Å²) in [4.78, 5) is 2.43. The second kappa shape index (κ2) is 16.7. The second-order valence-corrected chi connectivity index (χ2v) is 18.1. The molecule has 0 radical (unpaired) electrons. The zero-order chi connectivity index (χ0) is 45.7. The molecule has 1 aromatic heterocycles. The molecule has 1 aliphatic rings. The minimum Gasteiger partial charge on any atom is -0.310 e. The van der Waals surface area contributed by atoms with Crippen molar-refractivity contribution in [1.82, 2.24) is 4.57 Å². The lowest BCUT2D eigenvalue weighted by molar-refractivity contribution is 0.768. The average Bonchev–Trinajstić information content (AvgIpc) is 3.92. The maximum Gasteiger partial charge on any atom is 0.0714 e. The molecule has 2 nitrogen and oxygen atoms in total. The van der Waals surface area contributed by atoms with Gasteiger partial charge in [-0.3, -0.25) is 0 Å². The second-order valence-electron chi connectivity index (χ2n) is 18.1. The molecule has 0 saturated heterocycles. The van der Waals surface area contributed by atoms with Crippen molar-refractivity contribution in [2.24, 2.45) is 0 Å². The normalized spacial score (nSPS) is 12.5. The molecule has 0 N–H and O–H groups in total. The lowest BCUT2D eigenvalue weighted by Crippen LogP contribution is -2.28. The van der Waals surface area contributed by atoms with E-state index in [-0.39, 0.29) is 0 Å². The van der Waals surface area contributed by atoms with Crippen molar-refractivity contribution in [1.29, 1.82) is 0 Å². The van der Waals surface area contributed by atoms with Crippen molar-refractivity contribution in [2.75, 3.05) is 4.90 Å². The van der Waals surface area contributed by atoms with Gasteiger partial charge >= 0.3 is 0 Å². The summed E-state index contributed by atoms with van der Waals surface area (Å²) in [6, 6.07) is 102. The van der Waals surface area contributed by atoms with Gasteiger partial charge in [0.1, 0.15) is 0 Å². The monoisotopic (exact) mass is 878 g/mol. The summed E-state index contributed by atoms with van der Waals surface area (Å²) in [5, 5.41) is 2.49. The van der Waals surface area contributed by atoms with Crippen LogP contribution in [0.1, 0.15) is 22.3 Å². The first-order chi connectivity index (χ1) is 34.2. The van der Waals surface area contributed by atoms with Crippen LogP contribution in [-0.4, -0.2) is 4.57 Å². The van der Waals surface area contributed by atoms with E-state index in [1.54, 1.807) is 0 Å². The molecule has 0 bridgehead atoms. The van der Waals surface area contributed by atoms with Gasteiger partial charge < -0.3 is 9.47 Å². The molecule has 0 atom stereocenters. The van der Waals surface area contributed by atoms with E-state index in [9.17, 15) is 0 Å². The van der Waals surface area contributed by atoms with Crippen LogP contribution in [-0.2, 0) is 5.41 Å². The number of para-hydroxylation sites is 2. The van der Waals surface area contributed by atoms with Crippen LogP contribution in [0.25, 0.3) is 72.0 Å². The van der Waals surface area contributed by atoms with Crippen LogP contribution in [0.15, 0.2) is 279 Å². The first-order valence-corrected chi connectivity index (χ1v) is 23.8. The molecular weight excluding hydrogens is 833 g/mol. The highest BCUT2D eigenvalue weighted by molar-refractivity contribution is 6.10. The fraction of sp³-hybridized carbons (Fsp3) is 0.0149. The number of aromatic nitrogens is 1. The number of benzene rings is 11. The molecule has 1 heterocycles. The molecule has 1 aliphatic carbocycles. The third-order valence-corrected chi connectivity index (χ3v) is 14.3. The highest BCUT2D eigenvalue weighted by Crippen LogP contribution is 2.57. The number of hydrogen-bond acceptors (Lipinski definition) is 1. The van der Waals surface area contributed by atoms with E-state index >= 15 is 0 Å². The molecule has 69 heavy (non-hydrogen) atoms. The molecule has 0 fully saturated rings. The molecule has 0 aliphatic heterocycles. The number of hydrogen-bond donors (Lipinski definition) is 0. The zero-order valence-electron chi connectivity index (χ0n) is 38.0. The third-order valence-electron chi connectivity index (χ3n) is 14.3. The Hall–Kier alpha value is -8.98. The van der Waals surface area contributed by atoms with Gasteiger partial charge in [0.2, 0.25) is 0 Å². The van der Waals surface area contributed by atoms with Crippen LogP contribution in [0.5, 0.6) is 0 Å². The molecule has 13 rings (SSSR count). The van der Waals surface area contributed by atoms with E-state index < -0.39 is 5.41 Å². The number of nitrogens with zero attached hydrogens (tertiary/aromatic N) is 2. The van der Waals surface area contributed by atoms with Gasteiger partial charge in [0, 0.05) is 33.5 Å². The Balaban J connectivity index is 0.956. The quantitative estimate of drug-likeness (QED) is 0.140. The van der Waals surface area contributed by atoms with Crippen LogP contribution < -0.4 is 4.90 Å². The molecule has 0 saturated carbocycles. The van der Waals surface area contributed by atoms with Crippen molar-refractivity contribution in [2.45, 2.75) is 5.41 Å². The molecule has 2 heteroatoms. The Morgan fingerprint density at radius 1 is 0.275 bits per heavy atom. The average molecular weight is 879 g/mol. The molecule has 12 aromatic rings. The number of fused-ring (bicyclic) bond motifs is 6. The Labute approximate surface area is 403 Å². The summed E-state index contributed by atoms with van der Waals surface area (Å²) in [7, 11) is 0. The molecule has 0 amide bonds. The highest BCUT2D eigenvalue weighted by Gasteiger charge is 2.46. The van der Waals surface area contributed by atoms with E-state index in [2.05, 4.69) is 289 Å². The van der Waals surface area contributed by atoms with Gasteiger partial charge in [-0.1, -0.05) is 206 Å². The van der Waals surface area contributed by atoms with Crippen LogP contribution >= 0.6 is 0 Å². The Morgan fingerprint density at radius 2 is 0.739 bits per heavy atom. The summed E-state index contributed by atoms with van der Waals surface area (Å²) >= 11 is 0. The predicted molar refractivity (Wildman–Crippen MR) is 289 cm³/mol. The van der Waals surface area contributed by atoms with Crippen LogP contribution in [0, 0.1) is 0 Å². The minimum atomic E-state index is -0.518. The van der Waals surface area contributed by atoms with E-state index in [1.807, 2.05) is 0 Å². The first-order valence-electron chi connectivity index (χ1n) is 23.8. The molecule has 11 aromatic carbocycles. The smallest absolute Gasteiger partial charge is 0.0714 e. The number of rotatable bonds is 9. The maximum atomic E-state index is 2.46. The Kier molecular flexibility index (Phi) is 9.77. The summed E-state index contributed by atoms with van der Waals surface area (Å²) in [5.74, 6) is 0. The Bertz CT molecular complexity index is 3760. The van der Waals surface area contributed by atoms with E-state index in [4.69, 9.17) is 0 Å². The van der Waals surface area contributed by atoms with Crippen molar-refractivity contribution < 1.29 is 0 Å². The van der Waals surface area contributed by atoms with Gasteiger partial charge in [-0.15, -0.1) is 0 Å². The lowest BCUT2D eigenvalue weighted by atomic mass is 9.67. The summed E-state index contributed by atoms with van der Waals surface area (Å²) in [6.45, 7) is 0. The minimum absolute atomic E-state index is 0.518. The summed E-state index contributed by atoms with van der Waals surface area (Å²) in [5.41, 5.74) is 21.1. The lowest BCUT2D eigenvalue weighted by Gasteiger charge is -2.35. The third kappa shape index (κ3) is 6.72. The van der Waals surface area contributed by atoms with Crippen LogP contribution in [0.2, 0.25) is 0 Å². The standard InChI is InChI=1S/C67H46N2/c1-5-18-47(19-6-1)50-20-17-21-51(44-50)48-32-37-56(38-33-48)68(57-39-34-49(35-40-57)52-36-43-66-62(45-52)61-29-14-16-31-65(61)69(66)55-26-11-4-12-27-55)58-41-42-60-59-28-13-15-30-63(59)67(64(60)46-58,53-22-7-2-8-23-53)54-24-9-3-10-25-54/h1-46H. The van der Waals surface area contributed by atoms with Gasteiger partial charge in [0.25, 0.3) is 0 Å². The zero-order valence-corrected chi connectivity index (χ0v) is 38.0. The van der Waals surface area contributed by atoms with Gasteiger partial charge in [0.15, 0.2) is 0 Å². The van der Waals surface area contributed by atoms with Crippen molar-refractivity contribution in [3.05, 3.63) is 301 Å². The van der Waals surface area contributed by atoms with E-state index in [1.165, 1.54) is 88.6 Å². The first kappa shape index (κ1) is 40.3. The van der Waals surface area contributed by atoms with E-state index in [0.29, 0.717) is 0 Å². The van der Waals surface area contributed by atoms with Crippen molar-refractivity contribution >= 4 is 38.9 Å². The van der Waals surface area contributed by atoms with Gasteiger partial charge in [-0.25, -0.2) is 0 Å². The van der Waals surface area contributed by atoms with Gasteiger partial charge in [-0.05, 0) is 140 Å². The fourth-order valence-corrected chi connectivity index (χ4v) is 11.1. The van der Waals surface area contributed by atoms with Crippen LogP contribution in [0.4, 0.5) is 17.1 Å². The topological polar surface area (TPSA) is 8.17 Å². The SMILES string of the molecule is c1ccc(-c2cccc(-c3ccc(N(c4ccc(-c5ccc6c(c5)c5ccccc5n6-c5ccccc5)cc4)c4ccc5c(c4)C(c4ccccc4)(c4ccccc4)c4ccccc4-5)cc3)c2)cc1. The van der Waals surface area contributed by atoms with Crippen molar-refractivity contribution in [3.8, 4) is 50.2 Å². The van der Waals surface area contributed by atoms with Gasteiger partial charge in [-0.2, -0.15) is 0 Å². The molecule has 324 valence electrons. The molecular formula is C67H46N2. The molecule has 0 spiro atoms. The largest absolute Gasteiger partial charge is 0.310 e. The number of anilines is 3.